The van der Waals surface area contributed by atoms with Crippen molar-refractivity contribution in [3.05, 3.63) is 64.4 Å². The van der Waals surface area contributed by atoms with Gasteiger partial charge in [-0.1, -0.05) is 23.7 Å². The fourth-order valence-electron chi connectivity index (χ4n) is 3.68. The van der Waals surface area contributed by atoms with E-state index in [-0.39, 0.29) is 35.4 Å². The van der Waals surface area contributed by atoms with E-state index in [0.717, 1.165) is 5.56 Å². The highest BCUT2D eigenvalue weighted by Crippen LogP contribution is 2.26. The zero-order valence-electron chi connectivity index (χ0n) is 17.8. The topological polar surface area (TPSA) is 59.1 Å². The van der Waals surface area contributed by atoms with Gasteiger partial charge in [-0.25, -0.2) is 9.18 Å². The Morgan fingerprint density at radius 1 is 1.10 bits per heavy atom. The summed E-state index contributed by atoms with van der Waals surface area (Å²) < 4.78 is 23.4. The van der Waals surface area contributed by atoms with Gasteiger partial charge in [0.15, 0.2) is 6.61 Å². The van der Waals surface area contributed by atoms with Crippen LogP contribution in [0.2, 0.25) is 5.02 Å². The van der Waals surface area contributed by atoms with Crippen LogP contribution in [0.5, 0.6) is 5.75 Å². The van der Waals surface area contributed by atoms with Crippen molar-refractivity contribution in [1.29, 1.82) is 0 Å². The van der Waals surface area contributed by atoms with E-state index in [2.05, 4.69) is 16.6 Å². The molecule has 1 aliphatic rings. The molecule has 6 nitrogen and oxygen atoms in total. The van der Waals surface area contributed by atoms with Gasteiger partial charge in [0, 0.05) is 31.7 Å². The van der Waals surface area contributed by atoms with Crippen LogP contribution in [0.3, 0.4) is 0 Å². The normalized spacial score (nSPS) is 19.2. The van der Waals surface area contributed by atoms with Crippen molar-refractivity contribution < 1.29 is 23.5 Å². The number of amides is 1. The van der Waals surface area contributed by atoms with Crippen LogP contribution in [0.25, 0.3) is 0 Å². The molecular formula is C23H26ClFN2O4. The predicted octanol–water partition coefficient (Wildman–Crippen LogP) is 3.77. The van der Waals surface area contributed by atoms with Crippen molar-refractivity contribution in [2.75, 3.05) is 26.8 Å². The number of ether oxygens (including phenoxy) is 2. The smallest absolute Gasteiger partial charge is 0.337 e. The predicted molar refractivity (Wildman–Crippen MR) is 116 cm³/mol. The molecule has 31 heavy (non-hydrogen) atoms. The van der Waals surface area contributed by atoms with Gasteiger partial charge in [-0.05, 0) is 49.7 Å². The molecule has 8 heteroatoms. The number of hydrogen-bond acceptors (Lipinski definition) is 5. The number of hydrogen-bond donors (Lipinski definition) is 0. The first-order valence-corrected chi connectivity index (χ1v) is 10.4. The first-order valence-electron chi connectivity index (χ1n) is 10.1. The molecule has 2 aromatic rings. The monoisotopic (exact) mass is 448 g/mol. The molecule has 166 valence electrons. The average molecular weight is 449 g/mol. The maximum atomic E-state index is 13.1. The fourth-order valence-corrected chi connectivity index (χ4v) is 3.91. The molecule has 0 unspecified atom stereocenters. The third-order valence-corrected chi connectivity index (χ3v) is 5.73. The Morgan fingerprint density at radius 3 is 2.45 bits per heavy atom. The zero-order chi connectivity index (χ0) is 22.5. The van der Waals surface area contributed by atoms with E-state index in [1.807, 2.05) is 11.8 Å². The molecule has 0 spiro atoms. The first kappa shape index (κ1) is 23.0. The van der Waals surface area contributed by atoms with Crippen molar-refractivity contribution >= 4 is 23.5 Å². The maximum absolute atomic E-state index is 13.1. The minimum atomic E-state index is -0.495. The molecule has 1 fully saturated rings. The third kappa shape index (κ3) is 5.74. The van der Waals surface area contributed by atoms with E-state index in [9.17, 15) is 14.0 Å². The van der Waals surface area contributed by atoms with Crippen LogP contribution < -0.4 is 4.74 Å². The molecule has 2 aromatic carbocycles. The van der Waals surface area contributed by atoms with E-state index in [1.54, 1.807) is 18.2 Å². The van der Waals surface area contributed by atoms with Gasteiger partial charge in [-0.15, -0.1) is 0 Å². The molecule has 0 N–H and O–H groups in total. The molecule has 1 aliphatic heterocycles. The number of esters is 1. The minimum Gasteiger partial charge on any atom is -0.482 e. The molecular weight excluding hydrogens is 423 g/mol. The van der Waals surface area contributed by atoms with Crippen LogP contribution in [0, 0.1) is 5.82 Å². The van der Waals surface area contributed by atoms with Crippen LogP contribution in [-0.4, -0.2) is 60.6 Å². The van der Waals surface area contributed by atoms with Crippen LogP contribution in [0.1, 0.15) is 29.8 Å². The summed E-state index contributed by atoms with van der Waals surface area (Å²) in [6.07, 6.45) is 0. The van der Waals surface area contributed by atoms with Gasteiger partial charge in [0.2, 0.25) is 0 Å². The van der Waals surface area contributed by atoms with Crippen LogP contribution >= 0.6 is 11.6 Å². The Labute approximate surface area is 186 Å². The molecule has 0 saturated carbocycles. The zero-order valence-corrected chi connectivity index (χ0v) is 18.6. The molecule has 0 aromatic heterocycles. The number of methoxy groups -OCH3 is 1. The Balaban J connectivity index is 1.56. The quantitative estimate of drug-likeness (QED) is 0.630. The van der Waals surface area contributed by atoms with Gasteiger partial charge >= 0.3 is 5.97 Å². The van der Waals surface area contributed by atoms with Gasteiger partial charge in [0.05, 0.1) is 17.7 Å². The maximum Gasteiger partial charge on any atom is 0.337 e. The molecule has 3 rings (SSSR count). The molecule has 0 aliphatic carbocycles. The molecule has 0 radical (unpaired) electrons. The van der Waals surface area contributed by atoms with Gasteiger partial charge in [-0.3, -0.25) is 9.69 Å². The largest absolute Gasteiger partial charge is 0.482 e. The summed E-state index contributed by atoms with van der Waals surface area (Å²) >= 11 is 6.17. The van der Waals surface area contributed by atoms with Crippen molar-refractivity contribution in [3.8, 4) is 5.75 Å². The number of benzene rings is 2. The van der Waals surface area contributed by atoms with Crippen molar-refractivity contribution in [3.63, 3.8) is 0 Å². The fraction of sp³-hybridized carbons (Fsp3) is 0.391. The van der Waals surface area contributed by atoms with E-state index < -0.39 is 5.97 Å². The van der Waals surface area contributed by atoms with Gasteiger partial charge in [0.25, 0.3) is 5.91 Å². The molecule has 0 bridgehead atoms. The van der Waals surface area contributed by atoms with Crippen molar-refractivity contribution in [2.45, 2.75) is 32.5 Å². The Bertz CT molecular complexity index is 938. The number of carbonyl (C=O) groups excluding carboxylic acids is 2. The van der Waals surface area contributed by atoms with E-state index in [1.165, 1.54) is 31.4 Å². The Morgan fingerprint density at radius 2 is 1.81 bits per heavy atom. The summed E-state index contributed by atoms with van der Waals surface area (Å²) in [5.41, 5.74) is 1.35. The summed E-state index contributed by atoms with van der Waals surface area (Å²) in [7, 11) is 1.29. The highest BCUT2D eigenvalue weighted by molar-refractivity contribution is 6.32. The lowest BCUT2D eigenvalue weighted by atomic mass is 10.1. The van der Waals surface area contributed by atoms with Crippen molar-refractivity contribution in [1.82, 2.24) is 9.80 Å². The lowest BCUT2D eigenvalue weighted by Crippen LogP contribution is -2.58. The lowest BCUT2D eigenvalue weighted by molar-refractivity contribution is -0.139. The Kier molecular flexibility index (Phi) is 7.51. The molecule has 1 saturated heterocycles. The minimum absolute atomic E-state index is 0.00456. The summed E-state index contributed by atoms with van der Waals surface area (Å²) in [5, 5.41) is 0.237. The highest BCUT2D eigenvalue weighted by atomic mass is 35.5. The summed E-state index contributed by atoms with van der Waals surface area (Å²) in [6, 6.07) is 11.2. The number of piperazine rings is 1. The SMILES string of the molecule is COC(=O)c1ccc(OCC(=O)N2C[C@@H](C)N(Cc3ccc(F)cc3)C[C@@H]2C)c(Cl)c1. The molecule has 1 heterocycles. The van der Waals surface area contributed by atoms with E-state index >= 15 is 0 Å². The van der Waals surface area contributed by atoms with Gasteiger partial charge in [0.1, 0.15) is 11.6 Å². The second-order valence-electron chi connectivity index (χ2n) is 7.73. The number of carbonyl (C=O) groups is 2. The lowest BCUT2D eigenvalue weighted by Gasteiger charge is -2.44. The summed E-state index contributed by atoms with van der Waals surface area (Å²) in [5.74, 6) is -0.543. The molecule has 1 amide bonds. The number of halogens is 2. The summed E-state index contributed by atoms with van der Waals surface area (Å²) in [4.78, 5) is 28.4. The third-order valence-electron chi connectivity index (χ3n) is 5.44. The Hall–Kier alpha value is -2.64. The molecule has 2 atom stereocenters. The average Bonchev–Trinajstić information content (AvgIpc) is 2.75. The van der Waals surface area contributed by atoms with Crippen LogP contribution in [-0.2, 0) is 16.1 Å². The van der Waals surface area contributed by atoms with Crippen LogP contribution in [0.15, 0.2) is 42.5 Å². The number of rotatable bonds is 6. The second-order valence-corrected chi connectivity index (χ2v) is 8.13. The van der Waals surface area contributed by atoms with Gasteiger partial charge in [-0.2, -0.15) is 0 Å². The number of nitrogens with zero attached hydrogens (tertiary/aromatic N) is 2. The standard InChI is InChI=1S/C23H26ClFN2O4/c1-15-12-27(16(2)11-26(15)13-17-4-7-19(25)8-5-17)22(28)14-31-21-9-6-18(10-20(21)24)23(29)30-3/h4-10,15-16H,11-14H2,1-3H3/t15-,16+/m1/s1. The van der Waals surface area contributed by atoms with Crippen molar-refractivity contribution in [2.24, 2.45) is 0 Å². The summed E-state index contributed by atoms with van der Waals surface area (Å²) in [6.45, 7) is 5.90. The second kappa shape index (κ2) is 10.1. The highest BCUT2D eigenvalue weighted by Gasteiger charge is 2.32. The van der Waals surface area contributed by atoms with E-state index in [0.29, 0.717) is 30.9 Å². The van der Waals surface area contributed by atoms with Crippen LogP contribution in [0.4, 0.5) is 4.39 Å². The van der Waals surface area contributed by atoms with Gasteiger partial charge < -0.3 is 14.4 Å². The first-order chi connectivity index (χ1) is 14.8. The van der Waals surface area contributed by atoms with E-state index in [4.69, 9.17) is 16.3 Å².